The zero-order valence-corrected chi connectivity index (χ0v) is 6.97. The Balaban J connectivity index is 2.44. The molecule has 0 aromatic carbocycles. The summed E-state index contributed by atoms with van der Waals surface area (Å²) in [5.74, 6) is 0. The summed E-state index contributed by atoms with van der Waals surface area (Å²) in [7, 11) is 0. The molecule has 1 heterocycles. The van der Waals surface area contributed by atoms with Crippen molar-refractivity contribution in [2.75, 3.05) is 6.61 Å². The van der Waals surface area contributed by atoms with Crippen LogP contribution in [0.3, 0.4) is 0 Å². The molecule has 0 aliphatic carbocycles. The second kappa shape index (κ2) is 4.43. The van der Waals surface area contributed by atoms with Crippen LogP contribution in [-0.2, 0) is 13.0 Å². The molecule has 1 rings (SSSR count). The molecule has 0 amide bonds. The van der Waals surface area contributed by atoms with Crippen LogP contribution in [0, 0.1) is 0 Å². The van der Waals surface area contributed by atoms with Gasteiger partial charge in [0.25, 0.3) is 0 Å². The molecule has 1 aromatic rings. The van der Waals surface area contributed by atoms with Crippen molar-refractivity contribution in [3.63, 3.8) is 0 Å². The minimum Gasteiger partial charge on any atom is -0.396 e. The van der Waals surface area contributed by atoms with Crippen LogP contribution in [0.2, 0.25) is 0 Å². The van der Waals surface area contributed by atoms with Crippen LogP contribution >= 0.6 is 11.3 Å². The maximum atomic E-state index is 8.67. The SMILES string of the molecule is OCCCc1nc(CO)cs1. The van der Waals surface area contributed by atoms with Gasteiger partial charge in [-0.1, -0.05) is 0 Å². The molecule has 0 radical (unpaired) electrons. The zero-order valence-electron chi connectivity index (χ0n) is 6.16. The van der Waals surface area contributed by atoms with E-state index in [1.807, 2.05) is 5.38 Å². The molecule has 0 fully saturated rings. The summed E-state index contributed by atoms with van der Waals surface area (Å²) in [4.78, 5) is 4.12. The minimum atomic E-state index is 0.00955. The standard InChI is InChI=1S/C7H11NO2S/c9-3-1-2-7-8-6(4-10)5-11-7/h5,9-10H,1-4H2. The lowest BCUT2D eigenvalue weighted by atomic mass is 10.3. The molecule has 0 aliphatic heterocycles. The van der Waals surface area contributed by atoms with Crippen molar-refractivity contribution in [2.24, 2.45) is 0 Å². The third-order valence-electron chi connectivity index (χ3n) is 1.31. The number of nitrogens with zero attached hydrogens (tertiary/aromatic N) is 1. The van der Waals surface area contributed by atoms with Gasteiger partial charge in [0.15, 0.2) is 0 Å². The van der Waals surface area contributed by atoms with Gasteiger partial charge in [0.2, 0.25) is 0 Å². The highest BCUT2D eigenvalue weighted by Crippen LogP contribution is 2.11. The maximum absolute atomic E-state index is 8.67. The van der Waals surface area contributed by atoms with Crippen molar-refractivity contribution in [1.82, 2.24) is 4.98 Å². The summed E-state index contributed by atoms with van der Waals surface area (Å²) in [6, 6.07) is 0. The number of rotatable bonds is 4. The fourth-order valence-electron chi connectivity index (χ4n) is 0.767. The molecule has 0 spiro atoms. The number of aliphatic hydroxyl groups is 2. The van der Waals surface area contributed by atoms with E-state index in [4.69, 9.17) is 10.2 Å². The van der Waals surface area contributed by atoms with Crippen LogP contribution in [0.5, 0.6) is 0 Å². The molecule has 1 aromatic heterocycles. The highest BCUT2D eigenvalue weighted by atomic mass is 32.1. The lowest BCUT2D eigenvalue weighted by Crippen LogP contribution is -1.89. The largest absolute Gasteiger partial charge is 0.396 e. The van der Waals surface area contributed by atoms with Gasteiger partial charge in [-0.05, 0) is 6.42 Å². The van der Waals surface area contributed by atoms with Crippen molar-refractivity contribution < 1.29 is 10.2 Å². The van der Waals surface area contributed by atoms with Gasteiger partial charge >= 0.3 is 0 Å². The van der Waals surface area contributed by atoms with Crippen molar-refractivity contribution in [1.29, 1.82) is 0 Å². The van der Waals surface area contributed by atoms with Crippen LogP contribution in [0.1, 0.15) is 17.1 Å². The molecular weight excluding hydrogens is 162 g/mol. The molecule has 3 nitrogen and oxygen atoms in total. The van der Waals surface area contributed by atoms with Gasteiger partial charge in [-0.2, -0.15) is 0 Å². The molecular formula is C7H11NO2S. The van der Waals surface area contributed by atoms with Gasteiger partial charge in [-0.25, -0.2) is 4.98 Å². The second-order valence-corrected chi connectivity index (χ2v) is 3.16. The number of aryl methyl sites for hydroxylation is 1. The lowest BCUT2D eigenvalue weighted by molar-refractivity contribution is 0.277. The molecule has 0 saturated heterocycles. The van der Waals surface area contributed by atoms with Crippen molar-refractivity contribution in [3.8, 4) is 0 Å². The van der Waals surface area contributed by atoms with E-state index in [9.17, 15) is 0 Å². The number of thiazole rings is 1. The Hall–Kier alpha value is -0.450. The Labute approximate surface area is 69.3 Å². The topological polar surface area (TPSA) is 53.4 Å². The Bertz CT molecular complexity index is 212. The second-order valence-electron chi connectivity index (χ2n) is 2.22. The fourth-order valence-corrected chi connectivity index (χ4v) is 1.60. The Morgan fingerprint density at radius 2 is 2.27 bits per heavy atom. The van der Waals surface area contributed by atoms with Crippen LogP contribution in [0.4, 0.5) is 0 Å². The van der Waals surface area contributed by atoms with E-state index in [2.05, 4.69) is 4.98 Å². The summed E-state index contributed by atoms with van der Waals surface area (Å²) >= 11 is 1.53. The zero-order chi connectivity index (χ0) is 8.10. The number of hydrogen-bond acceptors (Lipinski definition) is 4. The normalized spacial score (nSPS) is 10.4. The monoisotopic (exact) mass is 173 g/mol. The first-order chi connectivity index (χ1) is 5.36. The van der Waals surface area contributed by atoms with E-state index in [1.165, 1.54) is 11.3 Å². The molecule has 0 atom stereocenters. The first kappa shape index (κ1) is 8.64. The van der Waals surface area contributed by atoms with Gasteiger partial charge in [0, 0.05) is 18.4 Å². The van der Waals surface area contributed by atoms with Crippen LogP contribution in [-0.4, -0.2) is 21.8 Å². The lowest BCUT2D eigenvalue weighted by Gasteiger charge is -1.90. The number of aromatic nitrogens is 1. The summed E-state index contributed by atoms with van der Waals surface area (Å²) in [5, 5.41) is 20.0. The van der Waals surface area contributed by atoms with Crippen LogP contribution in [0.25, 0.3) is 0 Å². The van der Waals surface area contributed by atoms with E-state index < -0.39 is 0 Å². The van der Waals surface area contributed by atoms with E-state index in [1.54, 1.807) is 0 Å². The third-order valence-corrected chi connectivity index (χ3v) is 2.27. The van der Waals surface area contributed by atoms with E-state index in [-0.39, 0.29) is 13.2 Å². The average molecular weight is 173 g/mol. The van der Waals surface area contributed by atoms with Crippen molar-refractivity contribution >= 4 is 11.3 Å². The Morgan fingerprint density at radius 3 is 2.82 bits per heavy atom. The smallest absolute Gasteiger partial charge is 0.0930 e. The molecule has 62 valence electrons. The van der Waals surface area contributed by atoms with Crippen molar-refractivity contribution in [3.05, 3.63) is 16.1 Å². The van der Waals surface area contributed by atoms with Crippen molar-refractivity contribution in [2.45, 2.75) is 19.4 Å². The summed E-state index contributed by atoms with van der Waals surface area (Å²) in [6.45, 7) is 0.212. The summed E-state index contributed by atoms with van der Waals surface area (Å²) in [6.07, 6.45) is 1.56. The molecule has 0 bridgehead atoms. The molecule has 11 heavy (non-hydrogen) atoms. The minimum absolute atomic E-state index is 0.00955. The van der Waals surface area contributed by atoms with Gasteiger partial charge in [0.05, 0.1) is 17.3 Å². The maximum Gasteiger partial charge on any atom is 0.0930 e. The quantitative estimate of drug-likeness (QED) is 0.699. The Kier molecular flexibility index (Phi) is 3.48. The van der Waals surface area contributed by atoms with Crippen LogP contribution in [0.15, 0.2) is 5.38 Å². The highest BCUT2D eigenvalue weighted by Gasteiger charge is 1.99. The molecule has 0 saturated carbocycles. The number of aliphatic hydroxyl groups excluding tert-OH is 2. The van der Waals surface area contributed by atoms with Gasteiger partial charge in [-0.3, -0.25) is 0 Å². The molecule has 4 heteroatoms. The summed E-state index contributed by atoms with van der Waals surface area (Å²) in [5.41, 5.74) is 0.725. The molecule has 2 N–H and O–H groups in total. The van der Waals surface area contributed by atoms with Gasteiger partial charge in [-0.15, -0.1) is 11.3 Å². The third kappa shape index (κ3) is 2.57. The van der Waals surface area contributed by atoms with Gasteiger partial charge < -0.3 is 10.2 Å². The van der Waals surface area contributed by atoms with E-state index in [0.29, 0.717) is 0 Å². The molecule has 0 unspecified atom stereocenters. The predicted molar refractivity (Wildman–Crippen MR) is 43.4 cm³/mol. The number of hydrogen-bond donors (Lipinski definition) is 2. The Morgan fingerprint density at radius 1 is 1.45 bits per heavy atom. The molecule has 0 aliphatic rings. The average Bonchev–Trinajstić information content (AvgIpc) is 2.48. The van der Waals surface area contributed by atoms with Crippen LogP contribution < -0.4 is 0 Å². The van der Waals surface area contributed by atoms with E-state index in [0.717, 1.165) is 23.5 Å². The first-order valence-corrected chi connectivity index (χ1v) is 4.39. The highest BCUT2D eigenvalue weighted by molar-refractivity contribution is 7.09. The van der Waals surface area contributed by atoms with E-state index >= 15 is 0 Å². The fraction of sp³-hybridized carbons (Fsp3) is 0.571. The predicted octanol–water partition coefficient (Wildman–Crippen LogP) is 0.560. The summed E-state index contributed by atoms with van der Waals surface area (Å²) < 4.78 is 0. The first-order valence-electron chi connectivity index (χ1n) is 3.52. The van der Waals surface area contributed by atoms with Gasteiger partial charge in [0.1, 0.15) is 0 Å².